The van der Waals surface area contributed by atoms with Crippen LogP contribution in [0, 0.1) is 12.8 Å². The normalized spacial score (nSPS) is 13.1. The molecular formula is C15H24BrN. The Labute approximate surface area is 114 Å². The summed E-state index contributed by atoms with van der Waals surface area (Å²) < 4.78 is 1.21. The van der Waals surface area contributed by atoms with Crippen LogP contribution in [0.2, 0.25) is 0 Å². The van der Waals surface area contributed by atoms with Crippen molar-refractivity contribution in [2.75, 3.05) is 6.54 Å². The van der Waals surface area contributed by atoms with Gasteiger partial charge in [0.05, 0.1) is 0 Å². The lowest BCUT2D eigenvalue weighted by molar-refractivity contribution is 0.447. The van der Waals surface area contributed by atoms with Gasteiger partial charge in [-0.3, -0.25) is 0 Å². The molecule has 96 valence electrons. The first kappa shape index (κ1) is 14.7. The maximum absolute atomic E-state index is 3.62. The van der Waals surface area contributed by atoms with Crippen molar-refractivity contribution in [1.29, 1.82) is 0 Å². The minimum absolute atomic E-state index is 0.486. The van der Waals surface area contributed by atoms with E-state index in [9.17, 15) is 0 Å². The van der Waals surface area contributed by atoms with Gasteiger partial charge in [0.1, 0.15) is 0 Å². The van der Waals surface area contributed by atoms with Crippen molar-refractivity contribution in [2.24, 2.45) is 5.92 Å². The SMILES string of the molecule is CCNC(CCC(C)C)c1cccc(Br)c1C. The van der Waals surface area contributed by atoms with Crippen molar-refractivity contribution in [2.45, 2.75) is 46.6 Å². The molecule has 1 aromatic rings. The summed E-state index contributed by atoms with van der Waals surface area (Å²) >= 11 is 3.62. The van der Waals surface area contributed by atoms with Gasteiger partial charge in [-0.2, -0.15) is 0 Å². The second-order valence-corrected chi connectivity index (χ2v) is 5.89. The highest BCUT2D eigenvalue weighted by molar-refractivity contribution is 9.10. The maximum atomic E-state index is 3.62. The summed E-state index contributed by atoms with van der Waals surface area (Å²) in [6, 6.07) is 6.98. The first-order chi connectivity index (χ1) is 8.06. The smallest absolute Gasteiger partial charge is 0.0323 e. The molecule has 1 unspecified atom stereocenters. The molecule has 1 atom stereocenters. The Balaban J connectivity index is 2.85. The Bertz CT molecular complexity index is 347. The molecule has 17 heavy (non-hydrogen) atoms. The third-order valence-corrected chi connectivity index (χ3v) is 4.03. The number of halogens is 1. The summed E-state index contributed by atoms with van der Waals surface area (Å²) in [5.74, 6) is 0.767. The van der Waals surface area contributed by atoms with E-state index in [4.69, 9.17) is 0 Å². The van der Waals surface area contributed by atoms with E-state index < -0.39 is 0 Å². The van der Waals surface area contributed by atoms with Crippen LogP contribution in [0.25, 0.3) is 0 Å². The lowest BCUT2D eigenvalue weighted by Crippen LogP contribution is -2.22. The van der Waals surface area contributed by atoms with Crippen molar-refractivity contribution in [1.82, 2.24) is 5.32 Å². The van der Waals surface area contributed by atoms with Gasteiger partial charge in [-0.1, -0.05) is 48.8 Å². The number of rotatable bonds is 6. The first-order valence-corrected chi connectivity index (χ1v) is 7.34. The van der Waals surface area contributed by atoms with E-state index in [0.717, 1.165) is 12.5 Å². The van der Waals surface area contributed by atoms with Crippen molar-refractivity contribution in [3.8, 4) is 0 Å². The van der Waals surface area contributed by atoms with Gasteiger partial charge in [0.15, 0.2) is 0 Å². The molecule has 0 aliphatic rings. The Morgan fingerprint density at radius 3 is 2.53 bits per heavy atom. The monoisotopic (exact) mass is 297 g/mol. The van der Waals surface area contributed by atoms with Crippen LogP contribution in [-0.2, 0) is 0 Å². The van der Waals surface area contributed by atoms with Crippen LogP contribution >= 0.6 is 15.9 Å². The molecule has 0 fully saturated rings. The van der Waals surface area contributed by atoms with Crippen molar-refractivity contribution in [3.05, 3.63) is 33.8 Å². The van der Waals surface area contributed by atoms with Gasteiger partial charge < -0.3 is 5.32 Å². The number of nitrogens with one attached hydrogen (secondary N) is 1. The second-order valence-electron chi connectivity index (χ2n) is 5.04. The van der Waals surface area contributed by atoms with Crippen LogP contribution < -0.4 is 5.32 Å². The van der Waals surface area contributed by atoms with E-state index in [0.29, 0.717) is 6.04 Å². The predicted octanol–water partition coefficient (Wildman–Crippen LogP) is 4.84. The maximum Gasteiger partial charge on any atom is 0.0323 e. The first-order valence-electron chi connectivity index (χ1n) is 6.54. The van der Waals surface area contributed by atoms with E-state index in [1.165, 1.54) is 28.4 Å². The predicted molar refractivity (Wildman–Crippen MR) is 79.4 cm³/mol. The van der Waals surface area contributed by atoms with Crippen LogP contribution in [0.15, 0.2) is 22.7 Å². The fraction of sp³-hybridized carbons (Fsp3) is 0.600. The Morgan fingerprint density at radius 2 is 1.94 bits per heavy atom. The third-order valence-electron chi connectivity index (χ3n) is 3.17. The van der Waals surface area contributed by atoms with E-state index in [-0.39, 0.29) is 0 Å². The minimum atomic E-state index is 0.486. The molecule has 0 aromatic heterocycles. The molecule has 1 nitrogen and oxygen atoms in total. The van der Waals surface area contributed by atoms with Crippen LogP contribution in [-0.4, -0.2) is 6.54 Å². The van der Waals surface area contributed by atoms with Gasteiger partial charge in [0, 0.05) is 10.5 Å². The summed E-state index contributed by atoms with van der Waals surface area (Å²) in [6.07, 6.45) is 2.48. The summed E-state index contributed by atoms with van der Waals surface area (Å²) in [5, 5.41) is 3.60. The molecule has 0 bridgehead atoms. The van der Waals surface area contributed by atoms with Crippen molar-refractivity contribution < 1.29 is 0 Å². The molecule has 0 aliphatic carbocycles. The highest BCUT2D eigenvalue weighted by Crippen LogP contribution is 2.28. The molecule has 0 amide bonds. The lowest BCUT2D eigenvalue weighted by Gasteiger charge is -2.22. The molecule has 1 N–H and O–H groups in total. The fourth-order valence-corrected chi connectivity index (χ4v) is 2.50. The molecule has 0 aliphatic heterocycles. The average molecular weight is 298 g/mol. The molecule has 0 spiro atoms. The van der Waals surface area contributed by atoms with Gasteiger partial charge in [0.25, 0.3) is 0 Å². The van der Waals surface area contributed by atoms with Crippen LogP contribution in [0.1, 0.15) is 50.8 Å². The summed E-state index contributed by atoms with van der Waals surface area (Å²) in [5.41, 5.74) is 2.80. The quantitative estimate of drug-likeness (QED) is 0.792. The van der Waals surface area contributed by atoms with Gasteiger partial charge >= 0.3 is 0 Å². The summed E-state index contributed by atoms with van der Waals surface area (Å²) in [4.78, 5) is 0. The van der Waals surface area contributed by atoms with Crippen molar-refractivity contribution in [3.63, 3.8) is 0 Å². The van der Waals surface area contributed by atoms with Crippen LogP contribution in [0.4, 0.5) is 0 Å². The van der Waals surface area contributed by atoms with E-state index in [1.54, 1.807) is 0 Å². The number of benzene rings is 1. The highest BCUT2D eigenvalue weighted by atomic mass is 79.9. The lowest BCUT2D eigenvalue weighted by atomic mass is 9.94. The topological polar surface area (TPSA) is 12.0 Å². The molecular weight excluding hydrogens is 274 g/mol. The number of hydrogen-bond donors (Lipinski definition) is 1. The van der Waals surface area contributed by atoms with Gasteiger partial charge in [-0.05, 0) is 49.4 Å². The molecule has 0 heterocycles. The van der Waals surface area contributed by atoms with E-state index in [1.807, 2.05) is 0 Å². The van der Waals surface area contributed by atoms with Crippen molar-refractivity contribution >= 4 is 15.9 Å². The molecule has 0 saturated carbocycles. The Kier molecular flexibility index (Phi) is 6.21. The zero-order valence-electron chi connectivity index (χ0n) is 11.4. The van der Waals surface area contributed by atoms with Crippen LogP contribution in [0.5, 0.6) is 0 Å². The average Bonchev–Trinajstić information content (AvgIpc) is 2.28. The zero-order chi connectivity index (χ0) is 12.8. The van der Waals surface area contributed by atoms with Crippen LogP contribution in [0.3, 0.4) is 0 Å². The standard InChI is InChI=1S/C15H24BrN/c1-5-17-15(10-9-11(2)3)13-7-6-8-14(16)12(13)4/h6-8,11,15,17H,5,9-10H2,1-4H3. The van der Waals surface area contributed by atoms with Gasteiger partial charge in [0.2, 0.25) is 0 Å². The van der Waals surface area contributed by atoms with E-state index in [2.05, 4.69) is 67.1 Å². The molecule has 1 aromatic carbocycles. The fourth-order valence-electron chi connectivity index (χ4n) is 2.12. The summed E-state index contributed by atoms with van der Waals surface area (Å²) in [6.45, 7) is 9.97. The Hall–Kier alpha value is -0.340. The number of hydrogen-bond acceptors (Lipinski definition) is 1. The molecule has 1 rings (SSSR count). The molecule has 0 saturated heterocycles. The van der Waals surface area contributed by atoms with E-state index >= 15 is 0 Å². The van der Waals surface area contributed by atoms with Gasteiger partial charge in [-0.25, -0.2) is 0 Å². The largest absolute Gasteiger partial charge is 0.310 e. The molecule has 0 radical (unpaired) electrons. The second kappa shape index (κ2) is 7.17. The zero-order valence-corrected chi connectivity index (χ0v) is 13.0. The molecule has 2 heteroatoms. The van der Waals surface area contributed by atoms with Gasteiger partial charge in [-0.15, -0.1) is 0 Å². The third kappa shape index (κ3) is 4.44. The minimum Gasteiger partial charge on any atom is -0.310 e. The highest BCUT2D eigenvalue weighted by Gasteiger charge is 2.14. The summed E-state index contributed by atoms with van der Waals surface area (Å²) in [7, 11) is 0. The Morgan fingerprint density at radius 1 is 1.24 bits per heavy atom.